The molecule has 0 bridgehead atoms. The number of hydrogen-bond donors (Lipinski definition) is 0. The second-order valence-electron chi connectivity index (χ2n) is 7.01. The monoisotopic (exact) mass is 361 g/mol. The Morgan fingerprint density at radius 1 is 0.963 bits per heavy atom. The molecule has 27 heavy (non-hydrogen) atoms. The Bertz CT molecular complexity index is 845. The van der Waals surface area contributed by atoms with Crippen molar-refractivity contribution in [2.45, 2.75) is 31.6 Å². The van der Waals surface area contributed by atoms with Crippen molar-refractivity contribution in [1.82, 2.24) is 15.1 Å². The Hall–Kier alpha value is -2.95. The predicted octanol–water partition coefficient (Wildman–Crippen LogP) is 3.92. The summed E-state index contributed by atoms with van der Waals surface area (Å²) in [6, 6.07) is 20.0. The zero-order valence-electron chi connectivity index (χ0n) is 15.4. The van der Waals surface area contributed by atoms with Gasteiger partial charge in [0.1, 0.15) is 0 Å². The largest absolute Gasteiger partial charge is 0.425 e. The van der Waals surface area contributed by atoms with Crippen LogP contribution < -0.4 is 0 Å². The minimum Gasteiger partial charge on any atom is -0.425 e. The van der Waals surface area contributed by atoms with Crippen LogP contribution in [-0.2, 0) is 4.79 Å². The van der Waals surface area contributed by atoms with Gasteiger partial charge in [0, 0.05) is 25.9 Å². The highest BCUT2D eigenvalue weighted by Gasteiger charge is 2.32. The second kappa shape index (κ2) is 7.74. The van der Waals surface area contributed by atoms with E-state index in [9.17, 15) is 4.79 Å². The zero-order chi connectivity index (χ0) is 18.6. The van der Waals surface area contributed by atoms with Crippen LogP contribution in [0.5, 0.6) is 0 Å². The molecule has 2 heterocycles. The van der Waals surface area contributed by atoms with Crippen molar-refractivity contribution in [2.75, 3.05) is 13.1 Å². The van der Waals surface area contributed by atoms with Crippen LogP contribution in [0.2, 0.25) is 0 Å². The number of benzene rings is 2. The van der Waals surface area contributed by atoms with E-state index in [1.54, 1.807) is 6.92 Å². The number of nitrogens with zero attached hydrogens (tertiary/aromatic N) is 3. The van der Waals surface area contributed by atoms with Crippen molar-refractivity contribution in [3.05, 3.63) is 83.6 Å². The fraction of sp³-hybridized carbons (Fsp3) is 0.318. The van der Waals surface area contributed by atoms with Crippen LogP contribution in [0, 0.1) is 6.92 Å². The van der Waals surface area contributed by atoms with Crippen LogP contribution >= 0.6 is 0 Å². The smallest absolute Gasteiger partial charge is 0.234 e. The first-order valence-corrected chi connectivity index (χ1v) is 9.41. The molecule has 1 aliphatic rings. The Morgan fingerprint density at radius 2 is 1.52 bits per heavy atom. The van der Waals surface area contributed by atoms with E-state index in [-0.39, 0.29) is 17.7 Å². The van der Waals surface area contributed by atoms with E-state index in [2.05, 4.69) is 10.2 Å². The quantitative estimate of drug-likeness (QED) is 0.707. The van der Waals surface area contributed by atoms with Gasteiger partial charge in [-0.1, -0.05) is 60.7 Å². The third kappa shape index (κ3) is 3.77. The Labute approximate surface area is 159 Å². The maximum Gasteiger partial charge on any atom is 0.234 e. The van der Waals surface area contributed by atoms with Gasteiger partial charge in [0.05, 0.1) is 5.92 Å². The molecule has 1 aromatic heterocycles. The Morgan fingerprint density at radius 3 is 2.00 bits per heavy atom. The molecule has 1 amide bonds. The molecule has 0 saturated carbocycles. The lowest BCUT2D eigenvalue weighted by molar-refractivity contribution is -0.133. The lowest BCUT2D eigenvalue weighted by atomic mass is 9.88. The average molecular weight is 361 g/mol. The van der Waals surface area contributed by atoms with Gasteiger partial charge in [-0.2, -0.15) is 0 Å². The van der Waals surface area contributed by atoms with Crippen LogP contribution in [0.1, 0.15) is 47.6 Å². The summed E-state index contributed by atoms with van der Waals surface area (Å²) in [5, 5.41) is 8.08. The van der Waals surface area contributed by atoms with Gasteiger partial charge >= 0.3 is 0 Å². The van der Waals surface area contributed by atoms with Crippen molar-refractivity contribution >= 4 is 5.91 Å². The molecule has 0 spiro atoms. The summed E-state index contributed by atoms with van der Waals surface area (Å²) in [5.41, 5.74) is 2.06. The molecule has 1 aliphatic heterocycles. The van der Waals surface area contributed by atoms with Crippen molar-refractivity contribution in [2.24, 2.45) is 0 Å². The normalized spacial score (nSPS) is 15.3. The molecule has 3 aromatic rings. The lowest BCUT2D eigenvalue weighted by Gasteiger charge is -2.33. The van der Waals surface area contributed by atoms with E-state index in [4.69, 9.17) is 4.42 Å². The molecule has 1 fully saturated rings. The molecule has 4 rings (SSSR count). The number of hydrogen-bond acceptors (Lipinski definition) is 4. The Kier molecular flexibility index (Phi) is 5.01. The highest BCUT2D eigenvalue weighted by Crippen LogP contribution is 2.31. The van der Waals surface area contributed by atoms with E-state index < -0.39 is 0 Å². The Balaban J connectivity index is 1.53. The highest BCUT2D eigenvalue weighted by molar-refractivity contribution is 5.87. The van der Waals surface area contributed by atoms with E-state index in [1.807, 2.05) is 65.6 Å². The first-order valence-electron chi connectivity index (χ1n) is 9.41. The highest BCUT2D eigenvalue weighted by atomic mass is 16.4. The van der Waals surface area contributed by atoms with E-state index in [1.165, 1.54) is 0 Å². The van der Waals surface area contributed by atoms with Crippen molar-refractivity contribution in [3.8, 4) is 0 Å². The minimum atomic E-state index is -0.269. The molecule has 1 saturated heterocycles. The van der Waals surface area contributed by atoms with Gasteiger partial charge in [0.15, 0.2) is 0 Å². The molecular formula is C22H23N3O2. The third-order valence-corrected chi connectivity index (χ3v) is 5.21. The molecule has 0 aliphatic carbocycles. The van der Waals surface area contributed by atoms with Gasteiger partial charge in [-0.05, 0) is 24.0 Å². The van der Waals surface area contributed by atoms with Crippen LogP contribution in [0.15, 0.2) is 65.1 Å². The lowest BCUT2D eigenvalue weighted by Crippen LogP contribution is -2.41. The van der Waals surface area contributed by atoms with Crippen molar-refractivity contribution in [3.63, 3.8) is 0 Å². The fourth-order valence-corrected chi connectivity index (χ4v) is 3.77. The topological polar surface area (TPSA) is 59.2 Å². The summed E-state index contributed by atoms with van der Waals surface area (Å²) in [6.45, 7) is 3.22. The van der Waals surface area contributed by atoms with Gasteiger partial charge < -0.3 is 9.32 Å². The summed E-state index contributed by atoms with van der Waals surface area (Å²) in [7, 11) is 0. The predicted molar refractivity (Wildman–Crippen MR) is 102 cm³/mol. The zero-order valence-corrected chi connectivity index (χ0v) is 15.4. The van der Waals surface area contributed by atoms with E-state index >= 15 is 0 Å². The van der Waals surface area contributed by atoms with Gasteiger partial charge in [-0.25, -0.2) is 0 Å². The number of rotatable bonds is 4. The summed E-state index contributed by atoms with van der Waals surface area (Å²) in [6.07, 6.45) is 1.70. The maximum absolute atomic E-state index is 13.4. The molecule has 0 unspecified atom stereocenters. The third-order valence-electron chi connectivity index (χ3n) is 5.21. The number of carbonyl (C=O) groups is 1. The van der Waals surface area contributed by atoms with E-state index in [0.29, 0.717) is 24.9 Å². The number of aryl methyl sites for hydroxylation is 1. The minimum absolute atomic E-state index is 0.160. The van der Waals surface area contributed by atoms with Gasteiger partial charge in [-0.15, -0.1) is 10.2 Å². The number of carbonyl (C=O) groups excluding carboxylic acids is 1. The molecule has 5 nitrogen and oxygen atoms in total. The molecule has 0 N–H and O–H groups in total. The number of aromatic nitrogens is 2. The van der Waals surface area contributed by atoms with Gasteiger partial charge in [0.2, 0.25) is 17.7 Å². The maximum atomic E-state index is 13.4. The number of piperidine rings is 1. The van der Waals surface area contributed by atoms with Crippen molar-refractivity contribution in [1.29, 1.82) is 0 Å². The summed E-state index contributed by atoms with van der Waals surface area (Å²) in [4.78, 5) is 15.4. The number of likely N-dealkylation sites (tertiary alicyclic amines) is 1. The SMILES string of the molecule is Cc1nnc(C2CCN(C(=O)C(c3ccccc3)c3ccccc3)CC2)o1. The van der Waals surface area contributed by atoms with Gasteiger partial charge in [0.25, 0.3) is 0 Å². The molecule has 2 aromatic carbocycles. The molecule has 5 heteroatoms. The summed E-state index contributed by atoms with van der Waals surface area (Å²) < 4.78 is 5.58. The van der Waals surface area contributed by atoms with Crippen LogP contribution in [0.25, 0.3) is 0 Å². The van der Waals surface area contributed by atoms with Crippen LogP contribution in [-0.4, -0.2) is 34.1 Å². The fourth-order valence-electron chi connectivity index (χ4n) is 3.77. The molecule has 0 atom stereocenters. The molecular weight excluding hydrogens is 338 g/mol. The first-order chi connectivity index (χ1) is 13.2. The van der Waals surface area contributed by atoms with Gasteiger partial charge in [-0.3, -0.25) is 4.79 Å². The summed E-state index contributed by atoms with van der Waals surface area (Å²) >= 11 is 0. The summed E-state index contributed by atoms with van der Waals surface area (Å²) in [5.74, 6) is 1.42. The molecule has 0 radical (unpaired) electrons. The standard InChI is InChI=1S/C22H23N3O2/c1-16-23-24-21(27-16)19-12-14-25(15-13-19)22(26)20(17-8-4-2-5-9-17)18-10-6-3-7-11-18/h2-11,19-20H,12-15H2,1H3. The first kappa shape index (κ1) is 17.5. The van der Waals surface area contributed by atoms with Crippen LogP contribution in [0.3, 0.4) is 0 Å². The van der Waals surface area contributed by atoms with E-state index in [0.717, 1.165) is 24.0 Å². The average Bonchev–Trinajstić information content (AvgIpc) is 3.16. The second-order valence-corrected chi connectivity index (χ2v) is 7.01. The number of amides is 1. The van der Waals surface area contributed by atoms with Crippen LogP contribution in [0.4, 0.5) is 0 Å². The van der Waals surface area contributed by atoms with Crippen molar-refractivity contribution < 1.29 is 9.21 Å². The molecule has 138 valence electrons.